The molecule has 2 saturated heterocycles. The monoisotopic (exact) mass is 1280 g/mol. The van der Waals surface area contributed by atoms with Gasteiger partial charge < -0.3 is 60.2 Å². The molecule has 0 bridgehead atoms. The SMILES string of the molecule is COP(=O)(OCCOCCOCCOP(=O)(OC)O[C@@H]1C[C@H](n2cc(/C=C/C(=O)NCCCCCCNC(=O)c3ccc(C(=O)O)c(-c4c5ccc(=O)cc-5oc5cc(O)ccc45)c3)c(=O)[nH]c2=O)O[C@@H]1CO)OC[C@H]1O[C@@H](n2ccc(N)nc2=O)C[C@H]1O. The van der Waals surface area contributed by atoms with Crippen LogP contribution in [0.2, 0.25) is 0 Å². The minimum atomic E-state index is -4.31. The van der Waals surface area contributed by atoms with Gasteiger partial charge in [-0.25, -0.2) is 23.5 Å². The molecule has 2 aromatic heterocycles. The highest BCUT2D eigenvalue weighted by molar-refractivity contribution is 7.48. The van der Waals surface area contributed by atoms with E-state index in [1.807, 2.05) is 0 Å². The first-order valence-corrected chi connectivity index (χ1v) is 30.8. The van der Waals surface area contributed by atoms with Gasteiger partial charge in [-0.2, -0.15) is 4.98 Å². The van der Waals surface area contributed by atoms with Crippen LogP contribution in [0.5, 0.6) is 5.75 Å². The van der Waals surface area contributed by atoms with Crippen molar-refractivity contribution in [1.82, 2.24) is 29.7 Å². The van der Waals surface area contributed by atoms with Gasteiger partial charge in [0, 0.05) is 92.8 Å². The summed E-state index contributed by atoms with van der Waals surface area (Å²) in [5.41, 5.74) is 4.07. The highest BCUT2D eigenvalue weighted by Gasteiger charge is 2.43. The normalized spacial score (nSPS) is 19.8. The van der Waals surface area contributed by atoms with Crippen molar-refractivity contribution in [3.63, 3.8) is 0 Å². The number of aliphatic hydroxyl groups excluding tert-OH is 2. The maximum Gasteiger partial charge on any atom is 0.474 e. The van der Waals surface area contributed by atoms with Crippen LogP contribution in [0.3, 0.4) is 0 Å². The number of nitrogen functional groups attached to an aromatic ring is 1. The van der Waals surface area contributed by atoms with Crippen LogP contribution in [-0.2, 0) is 60.0 Å². The standard InChI is InChI=1S/C56H67N7O24P2/c1-77-88(75,83-32-46-41(67)28-49(86-46)62-18-15-47(57)60-55(62)73)81-23-21-79-19-20-80-22-24-82-89(76,78-2)87-44-29-50(85-45(44)31-64)63-30-34(53(70)61-56(63)74)8-14-48(68)58-16-5-3-4-6-17-59-52(69)33-7-11-37(54(71)72)40(25-33)51-38-12-9-35(65)26-42(38)84-43-27-36(66)10-13-39(43)51/h7-15,18,25-27,30,41,44-46,49-50,64-65,67H,3-6,16-17,19-24,28-29,31-32H2,1-2H3,(H,58,68)(H,59,69)(H,71,72)(H2,57,60,73)(H,61,70,74)/b14-8+/t41-,44-,45-,46-,49-,50-,88?,89?/m1/s1. The number of hydrogen-bond donors (Lipinski definition) is 8. The molecule has 89 heavy (non-hydrogen) atoms. The highest BCUT2D eigenvalue weighted by atomic mass is 31.2. The van der Waals surface area contributed by atoms with Gasteiger partial charge in [-0.3, -0.25) is 60.4 Å². The van der Waals surface area contributed by atoms with Gasteiger partial charge in [0.2, 0.25) is 5.91 Å². The lowest BCUT2D eigenvalue weighted by atomic mass is 9.89. The zero-order valence-electron chi connectivity index (χ0n) is 48.1. The van der Waals surface area contributed by atoms with Gasteiger partial charge in [-0.1, -0.05) is 12.8 Å². The second kappa shape index (κ2) is 31.2. The van der Waals surface area contributed by atoms with E-state index in [4.69, 9.17) is 56.2 Å². The summed E-state index contributed by atoms with van der Waals surface area (Å²) < 4.78 is 88.6. The Hall–Kier alpha value is -7.58. The summed E-state index contributed by atoms with van der Waals surface area (Å²) in [6.07, 6.45) is 0.923. The molecule has 4 aromatic rings. The summed E-state index contributed by atoms with van der Waals surface area (Å²) in [6, 6.07) is 14.0. The molecule has 2 unspecified atom stereocenters. The van der Waals surface area contributed by atoms with Crippen molar-refractivity contribution in [2.75, 3.05) is 85.9 Å². The number of carbonyl (C=O) groups is 3. The molecule has 2 fully saturated rings. The molecule has 0 radical (unpaired) electrons. The molecule has 33 heteroatoms. The fourth-order valence-electron chi connectivity index (χ4n) is 9.57. The Kier molecular flexibility index (Phi) is 23.6. The number of nitrogens with zero attached hydrogens (tertiary/aromatic N) is 3. The van der Waals surface area contributed by atoms with Crippen LogP contribution in [0.25, 0.3) is 39.5 Å². The third-order valence-corrected chi connectivity index (χ3v) is 16.9. The molecular formula is C56H67N7O24P2. The second-order valence-electron chi connectivity index (χ2n) is 20.0. The van der Waals surface area contributed by atoms with E-state index < -0.39 is 100 Å². The summed E-state index contributed by atoms with van der Waals surface area (Å²) in [7, 11) is -6.23. The second-order valence-corrected chi connectivity index (χ2v) is 23.5. The van der Waals surface area contributed by atoms with Crippen LogP contribution in [-0.4, -0.2) is 162 Å². The van der Waals surface area contributed by atoms with Crippen LogP contribution in [0.4, 0.5) is 5.82 Å². The molecule has 8 rings (SSSR count). The van der Waals surface area contributed by atoms with Gasteiger partial charge in [0.05, 0.1) is 70.1 Å². The smallest absolute Gasteiger partial charge is 0.474 e. The first kappa shape index (κ1) is 67.4. The van der Waals surface area contributed by atoms with Crippen molar-refractivity contribution < 1.29 is 94.4 Å². The first-order chi connectivity index (χ1) is 42.7. The van der Waals surface area contributed by atoms with Crippen molar-refractivity contribution in [2.24, 2.45) is 0 Å². The van der Waals surface area contributed by atoms with E-state index in [1.165, 1.54) is 66.9 Å². The van der Waals surface area contributed by atoms with E-state index in [0.717, 1.165) is 35.6 Å². The Morgan fingerprint density at radius 3 is 2.18 bits per heavy atom. The molecular weight excluding hydrogens is 1220 g/mol. The number of carbonyl (C=O) groups excluding carboxylic acids is 2. The number of aromatic nitrogens is 4. The lowest BCUT2D eigenvalue weighted by molar-refractivity contribution is -0.116. The lowest BCUT2D eigenvalue weighted by Crippen LogP contribution is -2.33. The Morgan fingerprint density at radius 2 is 1.48 bits per heavy atom. The Balaban J connectivity index is 0.712. The number of fused-ring (bicyclic) bond motifs is 2. The third-order valence-electron chi connectivity index (χ3n) is 14.0. The number of phosphoric ester groups is 2. The average Bonchev–Trinajstić information content (AvgIpc) is 1.44. The van der Waals surface area contributed by atoms with E-state index in [2.05, 4.69) is 20.6 Å². The number of anilines is 1. The number of aromatic hydroxyl groups is 1. The Morgan fingerprint density at radius 1 is 0.798 bits per heavy atom. The van der Waals surface area contributed by atoms with Gasteiger partial charge in [0.1, 0.15) is 53.7 Å². The molecule has 31 nitrogen and oxygen atoms in total. The van der Waals surface area contributed by atoms with Crippen molar-refractivity contribution in [3.8, 4) is 28.2 Å². The quantitative estimate of drug-likeness (QED) is 0.0126. The summed E-state index contributed by atoms with van der Waals surface area (Å²) in [6.45, 7) is -1.05. The predicted octanol–water partition coefficient (Wildman–Crippen LogP) is 3.68. The first-order valence-electron chi connectivity index (χ1n) is 27.9. The number of carboxylic acid groups (broad SMARTS) is 1. The van der Waals surface area contributed by atoms with Gasteiger partial charge >= 0.3 is 33.0 Å². The topological polar surface area (TPSA) is 429 Å². The number of benzene rings is 3. The maximum absolute atomic E-state index is 13.5. The number of amides is 2. The van der Waals surface area contributed by atoms with Gasteiger partial charge in [0.25, 0.3) is 11.5 Å². The number of phenolic OH excluding ortho intramolecular Hbond substituents is 1. The fourth-order valence-corrected chi connectivity index (χ4v) is 11.6. The maximum atomic E-state index is 13.5. The minimum absolute atomic E-state index is 0.0248. The van der Waals surface area contributed by atoms with E-state index in [9.17, 15) is 63.1 Å². The van der Waals surface area contributed by atoms with Crippen LogP contribution in [0.1, 0.15) is 77.3 Å². The molecule has 2 aromatic carbocycles. The summed E-state index contributed by atoms with van der Waals surface area (Å²) in [5.74, 6) is -2.15. The summed E-state index contributed by atoms with van der Waals surface area (Å²) in [5, 5.41) is 46.9. The number of aliphatic hydroxyl groups is 2. The number of aromatic amines is 1. The Labute approximate surface area is 505 Å². The number of carboxylic acids is 1. The van der Waals surface area contributed by atoms with Crippen molar-refractivity contribution in [2.45, 2.75) is 75.4 Å². The zero-order chi connectivity index (χ0) is 63.8. The number of ether oxygens (including phenoxy) is 4. The number of aromatic carboxylic acids is 1. The number of phenols is 1. The number of hydrogen-bond acceptors (Lipinski definition) is 25. The van der Waals surface area contributed by atoms with Crippen LogP contribution >= 0.6 is 15.6 Å². The molecule has 3 aliphatic heterocycles. The number of H-pyrrole nitrogens is 1. The van der Waals surface area contributed by atoms with E-state index >= 15 is 0 Å². The molecule has 2 amide bonds. The molecule has 0 saturated carbocycles. The largest absolute Gasteiger partial charge is 0.508 e. The number of unbranched alkanes of at least 4 members (excludes halogenated alkanes) is 3. The third kappa shape index (κ3) is 17.9. The van der Waals surface area contributed by atoms with Crippen LogP contribution in [0, 0.1) is 0 Å². The molecule has 4 aliphatic rings. The van der Waals surface area contributed by atoms with E-state index in [-0.39, 0.29) is 110 Å². The van der Waals surface area contributed by atoms with Gasteiger partial charge in [-0.05, 0) is 73.0 Å². The van der Waals surface area contributed by atoms with E-state index in [1.54, 1.807) is 6.07 Å². The zero-order valence-corrected chi connectivity index (χ0v) is 49.9. The fraction of sp³-hybridized carbons (Fsp3) is 0.429. The van der Waals surface area contributed by atoms with E-state index in [0.29, 0.717) is 48.7 Å². The molecule has 8 atom stereocenters. The number of phosphoric acid groups is 2. The van der Waals surface area contributed by atoms with Crippen LogP contribution < -0.4 is 38.7 Å². The van der Waals surface area contributed by atoms with Crippen molar-refractivity contribution >= 4 is 56.3 Å². The Bertz CT molecular complexity index is 3820. The predicted molar refractivity (Wildman–Crippen MR) is 314 cm³/mol. The summed E-state index contributed by atoms with van der Waals surface area (Å²) in [4.78, 5) is 94.5. The van der Waals surface area contributed by atoms with Crippen LogP contribution in [0.15, 0.2) is 103 Å². The molecule has 0 spiro atoms. The number of nitrogens with one attached hydrogen (secondary N) is 3. The van der Waals surface area contributed by atoms with Crippen molar-refractivity contribution in [3.05, 3.63) is 137 Å². The minimum Gasteiger partial charge on any atom is -0.508 e. The number of nitrogens with two attached hydrogens (primary N) is 1. The lowest BCUT2D eigenvalue weighted by Gasteiger charge is -2.22. The van der Waals surface area contributed by atoms with Gasteiger partial charge in [0.15, 0.2) is 5.43 Å². The molecule has 1 aliphatic carbocycles. The summed E-state index contributed by atoms with van der Waals surface area (Å²) >= 11 is 0. The molecule has 9 N–H and O–H groups in total. The van der Waals surface area contributed by atoms with Crippen molar-refractivity contribution in [1.29, 1.82) is 0 Å². The molecule has 480 valence electrons. The average molecular weight is 1280 g/mol. The highest BCUT2D eigenvalue weighted by Crippen LogP contribution is 2.53. The molecule has 5 heterocycles. The van der Waals surface area contributed by atoms with Gasteiger partial charge in [-0.15, -0.1) is 0 Å². The number of rotatable bonds is 33.